The van der Waals surface area contributed by atoms with Crippen molar-refractivity contribution in [2.45, 2.75) is 80.8 Å². The number of amides is 1. The maximum Gasteiger partial charge on any atom is 0.220 e. The Kier molecular flexibility index (Phi) is 25.7. The summed E-state index contributed by atoms with van der Waals surface area (Å²) in [5.74, 6) is 0.780. The zero-order valence-corrected chi connectivity index (χ0v) is 20.2. The van der Waals surface area contributed by atoms with Gasteiger partial charge in [0.1, 0.15) is 0 Å². The summed E-state index contributed by atoms with van der Waals surface area (Å²) >= 11 is 0. The van der Waals surface area contributed by atoms with Gasteiger partial charge < -0.3 is 10.6 Å². The molecular weight excluding hydrogens is 445 g/mol. The van der Waals surface area contributed by atoms with Gasteiger partial charge in [0.25, 0.3) is 0 Å². The van der Waals surface area contributed by atoms with Crippen molar-refractivity contribution in [2.75, 3.05) is 7.05 Å². The van der Waals surface area contributed by atoms with Gasteiger partial charge in [-0.05, 0) is 44.4 Å². The first kappa shape index (κ1) is 36.4. The van der Waals surface area contributed by atoms with E-state index in [1.807, 2.05) is 45.2 Å². The molecule has 3 nitrogen and oxygen atoms in total. The van der Waals surface area contributed by atoms with Crippen molar-refractivity contribution in [1.82, 2.24) is 10.6 Å². The van der Waals surface area contributed by atoms with Gasteiger partial charge in [-0.3, -0.25) is 4.79 Å². The van der Waals surface area contributed by atoms with Crippen LogP contribution in [-0.4, -0.2) is 19.0 Å². The third-order valence-corrected chi connectivity index (χ3v) is 4.13. The van der Waals surface area contributed by atoms with Gasteiger partial charge in [0, 0.05) is 51.2 Å². The first-order valence-corrected chi connectivity index (χ1v) is 9.50. The molecule has 0 saturated heterocycles. The second-order valence-electron chi connectivity index (χ2n) is 7.08. The Hall–Kier alpha value is -1.03. The Morgan fingerprint density at radius 3 is 1.57 bits per heavy atom. The van der Waals surface area contributed by atoms with Crippen LogP contribution in [0.5, 0.6) is 0 Å². The van der Waals surface area contributed by atoms with Gasteiger partial charge >= 0.3 is 0 Å². The summed E-state index contributed by atoms with van der Waals surface area (Å²) in [4.78, 5) is 11.6. The van der Waals surface area contributed by atoms with Crippen LogP contribution in [0, 0.1) is 0 Å². The van der Waals surface area contributed by atoms with E-state index < -0.39 is 0 Å². The molecule has 1 atom stereocenters. The van der Waals surface area contributed by atoms with Crippen LogP contribution < -0.4 is 10.6 Å². The first-order valence-electron chi connectivity index (χ1n) is 9.50. The molecule has 1 unspecified atom stereocenters. The second-order valence-corrected chi connectivity index (χ2v) is 7.08. The third-order valence-electron chi connectivity index (χ3n) is 4.13. The van der Waals surface area contributed by atoms with Crippen molar-refractivity contribution in [3.8, 4) is 0 Å². The Labute approximate surface area is 212 Å². The van der Waals surface area contributed by atoms with Crippen LogP contribution in [0.15, 0.2) is 60.7 Å². The van der Waals surface area contributed by atoms with Crippen molar-refractivity contribution < 1.29 is 37.5 Å². The van der Waals surface area contributed by atoms with Crippen LogP contribution in [0.3, 0.4) is 0 Å². The van der Waals surface area contributed by atoms with Gasteiger partial charge in [-0.1, -0.05) is 96.8 Å². The van der Waals surface area contributed by atoms with Crippen LogP contribution in [0.4, 0.5) is 0 Å². The number of rotatable bonds is 7. The van der Waals surface area contributed by atoms with Crippen LogP contribution in [0.25, 0.3) is 0 Å². The van der Waals surface area contributed by atoms with E-state index in [0.717, 1.165) is 6.42 Å². The molecule has 0 heterocycles. The molecule has 0 aliphatic rings. The van der Waals surface area contributed by atoms with Crippen LogP contribution in [0.1, 0.15) is 85.9 Å². The Morgan fingerprint density at radius 2 is 1.23 bits per heavy atom. The fraction of sp³-hybridized carbons (Fsp3) is 0.500. The summed E-state index contributed by atoms with van der Waals surface area (Å²) in [7, 11) is 1.93. The van der Waals surface area contributed by atoms with E-state index in [4.69, 9.17) is 0 Å². The minimum atomic E-state index is 0. The Balaban J connectivity index is -0.000000226. The number of hydrogen-bond acceptors (Lipinski definition) is 2. The van der Waals surface area contributed by atoms with E-state index in [0.29, 0.717) is 12.3 Å². The van der Waals surface area contributed by atoms with Gasteiger partial charge in [0.05, 0.1) is 0 Å². The molecule has 30 heavy (non-hydrogen) atoms. The molecule has 1 radical (unpaired) electrons. The summed E-state index contributed by atoms with van der Waals surface area (Å²) < 4.78 is 0. The molecule has 2 aromatic carbocycles. The molecule has 0 aromatic heterocycles. The van der Waals surface area contributed by atoms with Crippen LogP contribution >= 0.6 is 0 Å². The molecule has 4 heteroatoms. The van der Waals surface area contributed by atoms with E-state index in [1.54, 1.807) is 0 Å². The van der Waals surface area contributed by atoms with E-state index in [2.05, 4.69) is 60.9 Å². The first-order chi connectivity index (χ1) is 12.4. The van der Waals surface area contributed by atoms with Crippen molar-refractivity contribution in [3.05, 3.63) is 71.8 Å². The van der Waals surface area contributed by atoms with Crippen molar-refractivity contribution in [1.29, 1.82) is 0 Å². The minimum Gasteiger partial charge on any atom is -0.354 e. The number of carbonyl (C=O) groups is 1. The zero-order valence-electron chi connectivity index (χ0n) is 17.4. The molecule has 2 rings (SSSR count). The molecule has 1 amide bonds. The fourth-order valence-electron chi connectivity index (χ4n) is 2.67. The normalized spacial score (nSPS) is 10.1. The summed E-state index contributed by atoms with van der Waals surface area (Å²) in [5.41, 5.74) is 2.64. The van der Waals surface area contributed by atoms with E-state index >= 15 is 0 Å². The van der Waals surface area contributed by atoms with Crippen molar-refractivity contribution >= 4 is 5.91 Å². The Bertz CT molecular complexity index is 615. The zero-order chi connectivity index (χ0) is 19.4. The maximum absolute atomic E-state index is 11.6. The maximum atomic E-state index is 11.6. The average Bonchev–Trinajstić information content (AvgIpc) is 2.64. The third kappa shape index (κ3) is 15.8. The summed E-state index contributed by atoms with van der Waals surface area (Å²) in [6.07, 6.45) is 1.37. The molecule has 0 bridgehead atoms. The summed E-state index contributed by atoms with van der Waals surface area (Å²) in [6.45, 7) is 8.36. The number of hydrogen-bond donors (Lipinski definition) is 2. The molecule has 0 spiro atoms. The molecule has 0 aliphatic carbocycles. The standard InChI is InChI=1S/C14H22N2O.C9H12.3CH4.Y/c1-11(2)16-14(17)10-9-13(15-3)12-7-5-4-6-8-12;1-8(2)9-6-4-3-5-7-9;;;;/h4-8,11,13,15H,9-10H2,1-3H3,(H,16,17);3-8H,1-2H3;3*1H4;. The number of nitrogens with one attached hydrogen (secondary N) is 2. The van der Waals surface area contributed by atoms with Gasteiger partial charge in [-0.25, -0.2) is 0 Å². The number of benzene rings is 2. The second kappa shape index (κ2) is 21.2. The molecule has 2 aromatic rings. The predicted octanol–water partition coefficient (Wildman–Crippen LogP) is 6.97. The smallest absolute Gasteiger partial charge is 0.220 e. The Morgan fingerprint density at radius 1 is 0.800 bits per heavy atom. The van der Waals surface area contributed by atoms with Gasteiger partial charge in [0.15, 0.2) is 0 Å². The van der Waals surface area contributed by atoms with Gasteiger partial charge in [0.2, 0.25) is 5.91 Å². The summed E-state index contributed by atoms with van der Waals surface area (Å²) in [6, 6.07) is 21.2. The van der Waals surface area contributed by atoms with Crippen molar-refractivity contribution in [3.63, 3.8) is 0 Å². The topological polar surface area (TPSA) is 41.1 Å². The predicted molar refractivity (Wildman–Crippen MR) is 131 cm³/mol. The molecular formula is C26H46N2OY. The summed E-state index contributed by atoms with van der Waals surface area (Å²) in [5, 5.41) is 6.15. The SMILES string of the molecule is C.C.C.CC(C)c1ccccc1.CNC(CCC(=O)NC(C)C)c1ccccc1.[Y]. The van der Waals surface area contributed by atoms with Crippen LogP contribution in [-0.2, 0) is 37.5 Å². The van der Waals surface area contributed by atoms with E-state index in [9.17, 15) is 4.79 Å². The molecule has 2 N–H and O–H groups in total. The minimum absolute atomic E-state index is 0. The van der Waals surface area contributed by atoms with Crippen LogP contribution in [0.2, 0.25) is 0 Å². The van der Waals surface area contributed by atoms with Crippen molar-refractivity contribution in [2.24, 2.45) is 0 Å². The molecule has 0 aliphatic heterocycles. The van der Waals surface area contributed by atoms with E-state index in [-0.39, 0.29) is 73.0 Å². The van der Waals surface area contributed by atoms with E-state index in [1.165, 1.54) is 11.1 Å². The number of carbonyl (C=O) groups excluding carboxylic acids is 1. The average molecular weight is 492 g/mol. The largest absolute Gasteiger partial charge is 0.354 e. The monoisotopic (exact) mass is 491 g/mol. The molecule has 169 valence electrons. The molecule has 0 fully saturated rings. The molecule has 0 saturated carbocycles. The quantitative estimate of drug-likeness (QED) is 0.439. The fourth-order valence-corrected chi connectivity index (χ4v) is 2.67. The van der Waals surface area contributed by atoms with Gasteiger partial charge in [-0.15, -0.1) is 0 Å². The van der Waals surface area contributed by atoms with Gasteiger partial charge in [-0.2, -0.15) is 0 Å².